The van der Waals surface area contributed by atoms with Crippen LogP contribution in [0.25, 0.3) is 0 Å². The Kier molecular flexibility index (Phi) is 4.04. The van der Waals surface area contributed by atoms with Crippen molar-refractivity contribution < 1.29 is 0 Å². The van der Waals surface area contributed by atoms with E-state index in [9.17, 15) is 0 Å². The molecule has 1 heterocycles. The van der Waals surface area contributed by atoms with Crippen molar-refractivity contribution in [3.63, 3.8) is 0 Å². The smallest absolute Gasteiger partial charge is 0.156 e. The second kappa shape index (κ2) is 5.29. The summed E-state index contributed by atoms with van der Waals surface area (Å²) in [5, 5.41) is 25.4. The first-order valence-corrected chi connectivity index (χ1v) is 4.97. The molecule has 0 bridgehead atoms. The highest BCUT2D eigenvalue weighted by Crippen LogP contribution is 2.23. The van der Waals surface area contributed by atoms with E-state index in [1.165, 1.54) is 0 Å². The summed E-state index contributed by atoms with van der Waals surface area (Å²) in [5.74, 6) is 0.532. The molecule has 0 aliphatic carbocycles. The van der Waals surface area contributed by atoms with Gasteiger partial charge in [-0.2, -0.15) is 10.5 Å². The number of halogens is 1. The molecule has 1 aromatic rings. The first kappa shape index (κ1) is 12.2. The Labute approximate surface area is 98.9 Å². The fraction of sp³-hybridized carbons (Fsp3) is 0.400. The van der Waals surface area contributed by atoms with Crippen molar-refractivity contribution in [1.29, 1.82) is 10.5 Å². The Balaban J connectivity index is 3.16. The molecule has 0 spiro atoms. The minimum atomic E-state index is 0.101. The quantitative estimate of drug-likeness (QED) is 0.744. The van der Waals surface area contributed by atoms with E-state index in [2.05, 4.69) is 10.2 Å². The van der Waals surface area contributed by atoms with E-state index in [-0.39, 0.29) is 13.1 Å². The Morgan fingerprint density at radius 2 is 1.69 bits per heavy atom. The van der Waals surface area contributed by atoms with Gasteiger partial charge in [-0.05, 0) is 25.0 Å². The highest BCUT2D eigenvalue weighted by atomic mass is 35.5. The lowest BCUT2D eigenvalue weighted by atomic mass is 10.2. The van der Waals surface area contributed by atoms with Crippen LogP contribution in [0.5, 0.6) is 0 Å². The topological polar surface area (TPSA) is 76.6 Å². The van der Waals surface area contributed by atoms with Crippen LogP contribution in [0, 0.1) is 36.5 Å². The molecule has 16 heavy (non-hydrogen) atoms. The molecule has 0 fully saturated rings. The van der Waals surface area contributed by atoms with Crippen molar-refractivity contribution in [3.05, 3.63) is 16.3 Å². The lowest BCUT2D eigenvalue weighted by Crippen LogP contribution is -2.26. The van der Waals surface area contributed by atoms with Gasteiger partial charge in [-0.1, -0.05) is 11.6 Å². The van der Waals surface area contributed by atoms with Gasteiger partial charge in [0.05, 0.1) is 12.1 Å². The van der Waals surface area contributed by atoms with Crippen molar-refractivity contribution >= 4 is 17.4 Å². The fourth-order valence-corrected chi connectivity index (χ4v) is 1.42. The molecular weight excluding hydrogens is 226 g/mol. The minimum absolute atomic E-state index is 0.101. The fourth-order valence-electron chi connectivity index (χ4n) is 1.24. The summed E-state index contributed by atoms with van der Waals surface area (Å²) < 4.78 is 0. The molecule has 0 radical (unpaired) electrons. The van der Waals surface area contributed by atoms with Crippen molar-refractivity contribution in [1.82, 2.24) is 10.2 Å². The number of nitrogens with zero attached hydrogens (tertiary/aromatic N) is 5. The largest absolute Gasteiger partial charge is 0.328 e. The van der Waals surface area contributed by atoms with Crippen LogP contribution in [0.4, 0.5) is 5.82 Å². The Bertz CT molecular complexity index is 455. The van der Waals surface area contributed by atoms with Gasteiger partial charge in [0.2, 0.25) is 0 Å². The molecule has 0 saturated heterocycles. The third-order valence-corrected chi connectivity index (χ3v) is 2.62. The highest BCUT2D eigenvalue weighted by Gasteiger charge is 2.14. The van der Waals surface area contributed by atoms with E-state index in [0.29, 0.717) is 11.0 Å². The van der Waals surface area contributed by atoms with Crippen molar-refractivity contribution in [2.45, 2.75) is 13.8 Å². The van der Waals surface area contributed by atoms with Crippen LogP contribution in [0.3, 0.4) is 0 Å². The molecule has 0 atom stereocenters. The lowest BCUT2D eigenvalue weighted by molar-refractivity contribution is 0.876. The molecule has 0 aliphatic rings. The molecule has 0 aliphatic heterocycles. The average molecular weight is 236 g/mol. The predicted molar refractivity (Wildman–Crippen MR) is 60.0 cm³/mol. The minimum Gasteiger partial charge on any atom is -0.328 e. The van der Waals surface area contributed by atoms with E-state index in [4.69, 9.17) is 22.1 Å². The number of anilines is 1. The molecule has 0 unspecified atom stereocenters. The zero-order chi connectivity index (χ0) is 12.1. The molecule has 0 saturated carbocycles. The number of aromatic nitrogens is 2. The second-order valence-electron chi connectivity index (χ2n) is 3.24. The maximum Gasteiger partial charge on any atom is 0.156 e. The first-order valence-electron chi connectivity index (χ1n) is 4.60. The van der Waals surface area contributed by atoms with Crippen LogP contribution in [-0.4, -0.2) is 23.3 Å². The van der Waals surface area contributed by atoms with Gasteiger partial charge in [-0.15, -0.1) is 10.2 Å². The van der Waals surface area contributed by atoms with Crippen molar-refractivity contribution in [2.24, 2.45) is 0 Å². The summed E-state index contributed by atoms with van der Waals surface area (Å²) in [4.78, 5) is 1.56. The van der Waals surface area contributed by atoms with Crippen LogP contribution >= 0.6 is 11.6 Å². The Morgan fingerprint density at radius 3 is 2.19 bits per heavy atom. The zero-order valence-corrected chi connectivity index (χ0v) is 9.78. The van der Waals surface area contributed by atoms with Crippen LogP contribution in [0.2, 0.25) is 5.15 Å². The Morgan fingerprint density at radius 1 is 1.12 bits per heavy atom. The molecule has 0 amide bonds. The van der Waals surface area contributed by atoms with Gasteiger partial charge in [0.25, 0.3) is 0 Å². The molecule has 1 aromatic heterocycles. The number of nitriles is 2. The molecule has 1 rings (SSSR count). The van der Waals surface area contributed by atoms with Crippen LogP contribution in [0.1, 0.15) is 11.1 Å². The molecule has 82 valence electrons. The monoisotopic (exact) mass is 235 g/mol. The first-order chi connectivity index (χ1) is 7.61. The average Bonchev–Trinajstić information content (AvgIpc) is 2.26. The SMILES string of the molecule is Cc1c(Cl)nnc(N(CC#N)CC#N)c1C. The van der Waals surface area contributed by atoms with Gasteiger partial charge >= 0.3 is 0 Å². The van der Waals surface area contributed by atoms with Gasteiger partial charge in [-0.25, -0.2) is 0 Å². The molecule has 6 heteroatoms. The maximum absolute atomic E-state index is 8.66. The zero-order valence-electron chi connectivity index (χ0n) is 9.03. The van der Waals surface area contributed by atoms with E-state index in [1.54, 1.807) is 4.90 Å². The highest BCUT2D eigenvalue weighted by molar-refractivity contribution is 6.30. The summed E-state index contributed by atoms with van der Waals surface area (Å²) in [7, 11) is 0. The number of hydrogen-bond acceptors (Lipinski definition) is 5. The maximum atomic E-state index is 8.66. The van der Waals surface area contributed by atoms with Gasteiger partial charge in [0.1, 0.15) is 13.1 Å². The van der Waals surface area contributed by atoms with Gasteiger partial charge < -0.3 is 4.90 Å². The van der Waals surface area contributed by atoms with E-state index in [1.807, 2.05) is 26.0 Å². The van der Waals surface area contributed by atoms with Crippen LogP contribution in [0.15, 0.2) is 0 Å². The molecule has 0 aromatic carbocycles. The third kappa shape index (κ3) is 2.39. The molecule has 0 N–H and O–H groups in total. The van der Waals surface area contributed by atoms with E-state index in [0.717, 1.165) is 11.1 Å². The van der Waals surface area contributed by atoms with E-state index >= 15 is 0 Å². The van der Waals surface area contributed by atoms with Gasteiger partial charge in [0.15, 0.2) is 11.0 Å². The number of rotatable bonds is 3. The summed E-state index contributed by atoms with van der Waals surface area (Å²) in [6.07, 6.45) is 0. The normalized spacial score (nSPS) is 9.31. The molecule has 5 nitrogen and oxygen atoms in total. The second-order valence-corrected chi connectivity index (χ2v) is 3.59. The molecular formula is C10H10ClN5. The van der Waals surface area contributed by atoms with Crippen LogP contribution < -0.4 is 4.90 Å². The summed E-state index contributed by atoms with van der Waals surface area (Å²) in [6, 6.07) is 3.97. The van der Waals surface area contributed by atoms with Crippen molar-refractivity contribution in [2.75, 3.05) is 18.0 Å². The van der Waals surface area contributed by atoms with Gasteiger partial charge in [0, 0.05) is 0 Å². The number of hydrogen-bond donors (Lipinski definition) is 0. The van der Waals surface area contributed by atoms with Crippen molar-refractivity contribution in [3.8, 4) is 12.1 Å². The van der Waals surface area contributed by atoms with Gasteiger partial charge in [-0.3, -0.25) is 0 Å². The third-order valence-electron chi connectivity index (χ3n) is 2.26. The predicted octanol–water partition coefficient (Wildman–Crippen LogP) is 1.60. The summed E-state index contributed by atoms with van der Waals surface area (Å²) in [6.45, 7) is 3.87. The van der Waals surface area contributed by atoms with E-state index < -0.39 is 0 Å². The van der Waals surface area contributed by atoms with Crippen LogP contribution in [-0.2, 0) is 0 Å². The summed E-state index contributed by atoms with van der Waals surface area (Å²) >= 11 is 5.82. The standard InChI is InChI=1S/C10H10ClN5/c1-7-8(2)10(15-14-9(7)11)16(5-3-12)6-4-13/h5-6H2,1-2H3. The summed E-state index contributed by atoms with van der Waals surface area (Å²) in [5.41, 5.74) is 1.65. The lowest BCUT2D eigenvalue weighted by Gasteiger charge is -2.19. The Hall–Kier alpha value is -1.85.